The van der Waals surface area contributed by atoms with Crippen LogP contribution in [0.25, 0.3) is 11.1 Å². The Morgan fingerprint density at radius 1 is 1.06 bits per heavy atom. The molecule has 1 aliphatic carbocycles. The van der Waals surface area contributed by atoms with Gasteiger partial charge >= 0.3 is 0 Å². The first kappa shape index (κ1) is 20.1. The molecule has 2 aromatic carbocycles. The van der Waals surface area contributed by atoms with Gasteiger partial charge in [-0.3, -0.25) is 4.79 Å². The van der Waals surface area contributed by atoms with Crippen LogP contribution in [0.1, 0.15) is 55.7 Å². The normalized spacial score (nSPS) is 25.3. The molecule has 5 nitrogen and oxygen atoms in total. The van der Waals surface area contributed by atoms with Crippen molar-refractivity contribution in [1.29, 1.82) is 5.26 Å². The van der Waals surface area contributed by atoms with Crippen molar-refractivity contribution in [3.8, 4) is 17.2 Å². The summed E-state index contributed by atoms with van der Waals surface area (Å²) in [5.41, 5.74) is 4.96. The van der Waals surface area contributed by atoms with E-state index in [1.807, 2.05) is 24.3 Å². The van der Waals surface area contributed by atoms with E-state index in [0.29, 0.717) is 11.5 Å². The molecule has 2 aromatic rings. The van der Waals surface area contributed by atoms with Crippen molar-refractivity contribution in [1.82, 2.24) is 4.90 Å². The number of likely N-dealkylation sites (tertiary alicyclic amines) is 1. The molecule has 5 rings (SSSR count). The number of fused-ring (bicyclic) bond motifs is 3. The highest BCUT2D eigenvalue weighted by atomic mass is 16.3. The molecule has 5 heteroatoms. The molecule has 2 heterocycles. The summed E-state index contributed by atoms with van der Waals surface area (Å²) in [7, 11) is 0. The Morgan fingerprint density at radius 3 is 2.52 bits per heavy atom. The molecule has 160 valence electrons. The molecule has 0 bridgehead atoms. The molecule has 0 unspecified atom stereocenters. The number of nitrogens with one attached hydrogen (secondary N) is 1. The van der Waals surface area contributed by atoms with Crippen LogP contribution in [0.4, 0.5) is 5.69 Å². The van der Waals surface area contributed by atoms with Gasteiger partial charge in [-0.15, -0.1) is 0 Å². The van der Waals surface area contributed by atoms with Gasteiger partial charge in [-0.05, 0) is 60.2 Å². The molecule has 0 spiro atoms. The highest BCUT2D eigenvalue weighted by molar-refractivity contribution is 5.81. The molecule has 1 saturated heterocycles. The average Bonchev–Trinajstić information content (AvgIpc) is 3.29. The average molecular weight is 416 g/mol. The number of anilines is 1. The largest absolute Gasteiger partial charge is 0.394 e. The second-order valence-corrected chi connectivity index (χ2v) is 9.19. The standard InChI is InChI=1S/C26H29N3O2/c27-15-17-6-8-18(9-7-17)20-10-11-23-22(14-20)25-21(24(16-30)28-23)12-13-29(25)26(31)19-4-2-1-3-5-19/h6-11,14,19,21,24-25,28,30H,1-5,12-13,16H2/t21-,24-,25-/m1/s1. The molecule has 2 aliphatic heterocycles. The molecule has 2 fully saturated rings. The van der Waals surface area contributed by atoms with Gasteiger partial charge in [0.05, 0.1) is 30.3 Å². The van der Waals surface area contributed by atoms with Gasteiger partial charge in [-0.25, -0.2) is 0 Å². The van der Waals surface area contributed by atoms with Crippen molar-refractivity contribution in [2.75, 3.05) is 18.5 Å². The minimum absolute atomic E-state index is 0.0150. The van der Waals surface area contributed by atoms with E-state index in [1.54, 1.807) is 0 Å². The Balaban J connectivity index is 1.51. The monoisotopic (exact) mass is 415 g/mol. The first-order valence-corrected chi connectivity index (χ1v) is 11.5. The highest BCUT2D eigenvalue weighted by Crippen LogP contribution is 2.48. The van der Waals surface area contributed by atoms with Gasteiger partial charge < -0.3 is 15.3 Å². The lowest BCUT2D eigenvalue weighted by Crippen LogP contribution is -2.44. The van der Waals surface area contributed by atoms with Crippen molar-refractivity contribution in [3.63, 3.8) is 0 Å². The molecule has 31 heavy (non-hydrogen) atoms. The van der Waals surface area contributed by atoms with E-state index >= 15 is 0 Å². The van der Waals surface area contributed by atoms with Gasteiger partial charge in [0.15, 0.2) is 0 Å². The van der Waals surface area contributed by atoms with Gasteiger partial charge in [0, 0.05) is 24.1 Å². The summed E-state index contributed by atoms with van der Waals surface area (Å²) in [5, 5.41) is 22.6. The molecule has 0 radical (unpaired) electrons. The topological polar surface area (TPSA) is 76.4 Å². The van der Waals surface area contributed by atoms with Crippen molar-refractivity contribution >= 4 is 11.6 Å². The minimum atomic E-state index is -0.0255. The molecule has 3 aliphatic rings. The molecule has 3 atom stereocenters. The quantitative estimate of drug-likeness (QED) is 0.775. The molecule has 1 amide bonds. The number of amides is 1. The van der Waals surface area contributed by atoms with E-state index < -0.39 is 0 Å². The number of carbonyl (C=O) groups excluding carboxylic acids is 1. The van der Waals surface area contributed by atoms with Gasteiger partial charge in [0.25, 0.3) is 0 Å². The number of hydrogen-bond acceptors (Lipinski definition) is 4. The van der Waals surface area contributed by atoms with E-state index in [9.17, 15) is 9.90 Å². The number of benzene rings is 2. The molecule has 1 saturated carbocycles. The van der Waals surface area contributed by atoms with Crippen molar-refractivity contribution in [3.05, 3.63) is 53.6 Å². The Hall–Kier alpha value is -2.84. The molecule has 0 aromatic heterocycles. The van der Waals surface area contributed by atoms with Crippen LogP contribution in [0.15, 0.2) is 42.5 Å². The van der Waals surface area contributed by atoms with Crippen LogP contribution in [0.2, 0.25) is 0 Å². The maximum Gasteiger partial charge on any atom is 0.226 e. The van der Waals surface area contributed by atoms with Gasteiger partial charge in [0.1, 0.15) is 0 Å². The van der Waals surface area contributed by atoms with E-state index in [0.717, 1.165) is 61.0 Å². The van der Waals surface area contributed by atoms with E-state index in [4.69, 9.17) is 5.26 Å². The summed E-state index contributed by atoms with van der Waals surface area (Å²) in [6, 6.07) is 16.1. The summed E-state index contributed by atoms with van der Waals surface area (Å²) in [6.07, 6.45) is 6.47. The maximum atomic E-state index is 13.5. The zero-order valence-corrected chi connectivity index (χ0v) is 17.8. The minimum Gasteiger partial charge on any atom is -0.394 e. The number of hydrogen-bond donors (Lipinski definition) is 2. The fourth-order valence-corrected chi connectivity index (χ4v) is 5.81. The van der Waals surface area contributed by atoms with E-state index in [2.05, 4.69) is 34.5 Å². The third-order valence-corrected chi connectivity index (χ3v) is 7.45. The summed E-state index contributed by atoms with van der Waals surface area (Å²) >= 11 is 0. The van der Waals surface area contributed by atoms with Crippen LogP contribution in [0.5, 0.6) is 0 Å². The summed E-state index contributed by atoms with van der Waals surface area (Å²) < 4.78 is 0. The van der Waals surface area contributed by atoms with Crippen LogP contribution in [0.3, 0.4) is 0 Å². The third-order valence-electron chi connectivity index (χ3n) is 7.45. The summed E-state index contributed by atoms with van der Waals surface area (Å²) in [5.74, 6) is 0.682. The number of aliphatic hydroxyl groups is 1. The van der Waals surface area contributed by atoms with Crippen LogP contribution in [-0.4, -0.2) is 35.1 Å². The predicted molar refractivity (Wildman–Crippen MR) is 120 cm³/mol. The number of nitrogens with zero attached hydrogens (tertiary/aromatic N) is 2. The van der Waals surface area contributed by atoms with Crippen molar-refractivity contribution in [2.24, 2.45) is 11.8 Å². The predicted octanol–water partition coefficient (Wildman–Crippen LogP) is 4.48. The molecule has 2 N–H and O–H groups in total. The first-order valence-electron chi connectivity index (χ1n) is 11.5. The van der Waals surface area contributed by atoms with Crippen molar-refractivity contribution < 1.29 is 9.90 Å². The maximum absolute atomic E-state index is 13.5. The number of rotatable bonds is 3. The van der Waals surface area contributed by atoms with E-state index in [1.165, 1.54) is 6.42 Å². The zero-order valence-electron chi connectivity index (χ0n) is 17.8. The Kier molecular flexibility index (Phi) is 5.41. The first-order chi connectivity index (χ1) is 15.2. The fourth-order valence-electron chi connectivity index (χ4n) is 5.81. The van der Waals surface area contributed by atoms with Gasteiger partial charge in [0.2, 0.25) is 5.91 Å². The fraction of sp³-hybridized carbons (Fsp3) is 0.462. The zero-order chi connectivity index (χ0) is 21.4. The lowest BCUT2D eigenvalue weighted by molar-refractivity contribution is -0.138. The van der Waals surface area contributed by atoms with Crippen LogP contribution in [0, 0.1) is 23.2 Å². The van der Waals surface area contributed by atoms with Crippen LogP contribution >= 0.6 is 0 Å². The Morgan fingerprint density at radius 2 is 1.81 bits per heavy atom. The van der Waals surface area contributed by atoms with Gasteiger partial charge in [-0.1, -0.05) is 37.5 Å². The lowest BCUT2D eigenvalue weighted by atomic mass is 9.81. The number of aliphatic hydroxyl groups excluding tert-OH is 1. The summed E-state index contributed by atoms with van der Waals surface area (Å²) in [6.45, 7) is 0.840. The third kappa shape index (κ3) is 3.59. The lowest BCUT2D eigenvalue weighted by Gasteiger charge is -2.40. The van der Waals surface area contributed by atoms with E-state index in [-0.39, 0.29) is 30.5 Å². The van der Waals surface area contributed by atoms with Gasteiger partial charge in [-0.2, -0.15) is 5.26 Å². The highest BCUT2D eigenvalue weighted by Gasteiger charge is 2.46. The Labute approximate surface area is 183 Å². The summed E-state index contributed by atoms with van der Waals surface area (Å²) in [4.78, 5) is 15.6. The number of carbonyl (C=O) groups is 1. The smallest absolute Gasteiger partial charge is 0.226 e. The molecular weight excluding hydrogens is 386 g/mol. The second kappa shape index (κ2) is 8.36. The second-order valence-electron chi connectivity index (χ2n) is 9.19. The van der Waals surface area contributed by atoms with Crippen LogP contribution in [-0.2, 0) is 4.79 Å². The Bertz CT molecular complexity index is 1000. The van der Waals surface area contributed by atoms with Crippen LogP contribution < -0.4 is 5.32 Å². The van der Waals surface area contributed by atoms with Crippen molar-refractivity contribution in [2.45, 2.75) is 50.6 Å². The SMILES string of the molecule is N#Cc1ccc(-c2ccc3c(c2)[C@H]2[C@H](CCN2C(=O)C2CCCCC2)[C@@H](CO)N3)cc1. The number of nitriles is 1. The molecular formula is C26H29N3O2.